The predicted molar refractivity (Wildman–Crippen MR) is 81.1 cm³/mol. The Hall–Kier alpha value is -1.87. The lowest BCUT2D eigenvalue weighted by molar-refractivity contribution is 0.0498. The Labute approximate surface area is 128 Å². The first-order valence-corrected chi connectivity index (χ1v) is 7.20. The average Bonchev–Trinajstić information content (AvgIpc) is 2.48. The molecule has 0 saturated carbocycles. The van der Waals surface area contributed by atoms with Crippen molar-refractivity contribution in [2.24, 2.45) is 0 Å². The molecule has 2 nitrogen and oxygen atoms in total. The van der Waals surface area contributed by atoms with Crippen molar-refractivity contribution in [1.29, 1.82) is 0 Å². The zero-order valence-corrected chi connectivity index (χ0v) is 12.3. The zero-order chi connectivity index (χ0) is 15.1. The van der Waals surface area contributed by atoms with Crippen LogP contribution in [-0.2, 0) is 11.2 Å². The van der Waals surface area contributed by atoms with Crippen molar-refractivity contribution in [3.05, 3.63) is 70.5 Å². The molecule has 2 rings (SSSR count). The molecule has 0 radical (unpaired) electrons. The lowest BCUT2D eigenvalue weighted by Crippen LogP contribution is -2.06. The number of unbranched alkanes of at least 4 members (excludes halogenated alkanes) is 1. The van der Waals surface area contributed by atoms with Crippen LogP contribution >= 0.6 is 11.6 Å². The van der Waals surface area contributed by atoms with E-state index in [1.165, 1.54) is 12.1 Å². The van der Waals surface area contributed by atoms with Crippen LogP contribution in [0.3, 0.4) is 0 Å². The van der Waals surface area contributed by atoms with Crippen molar-refractivity contribution >= 4 is 17.6 Å². The summed E-state index contributed by atoms with van der Waals surface area (Å²) in [5.41, 5.74) is 1.54. The topological polar surface area (TPSA) is 26.3 Å². The Morgan fingerprint density at radius 2 is 1.86 bits per heavy atom. The highest BCUT2D eigenvalue weighted by molar-refractivity contribution is 6.30. The zero-order valence-electron chi connectivity index (χ0n) is 11.5. The van der Waals surface area contributed by atoms with Gasteiger partial charge in [0.2, 0.25) is 0 Å². The van der Waals surface area contributed by atoms with E-state index in [4.69, 9.17) is 16.3 Å². The standard InChI is InChI=1S/C17H16ClFO2/c18-15-6-3-5-14(12-15)17(20)21-11-2-1-4-13-7-9-16(19)10-8-13/h3,5-10,12H,1-2,4,11H2. The summed E-state index contributed by atoms with van der Waals surface area (Å²) in [6, 6.07) is 13.1. The molecule has 0 saturated heterocycles. The molecule has 0 unspecified atom stereocenters. The maximum Gasteiger partial charge on any atom is 0.338 e. The summed E-state index contributed by atoms with van der Waals surface area (Å²) in [5.74, 6) is -0.589. The van der Waals surface area contributed by atoms with Gasteiger partial charge in [-0.25, -0.2) is 9.18 Å². The second-order valence-corrected chi connectivity index (χ2v) is 5.17. The fourth-order valence-electron chi connectivity index (χ4n) is 1.95. The van der Waals surface area contributed by atoms with Gasteiger partial charge in [0, 0.05) is 5.02 Å². The van der Waals surface area contributed by atoms with Crippen LogP contribution < -0.4 is 0 Å². The minimum absolute atomic E-state index is 0.228. The molecule has 21 heavy (non-hydrogen) atoms. The minimum Gasteiger partial charge on any atom is -0.462 e. The van der Waals surface area contributed by atoms with E-state index in [2.05, 4.69) is 0 Å². The van der Waals surface area contributed by atoms with Crippen molar-refractivity contribution in [3.8, 4) is 0 Å². The van der Waals surface area contributed by atoms with Crippen LogP contribution in [0.4, 0.5) is 4.39 Å². The summed E-state index contributed by atoms with van der Waals surface area (Å²) in [7, 11) is 0. The van der Waals surface area contributed by atoms with Crippen LogP contribution in [0.1, 0.15) is 28.8 Å². The van der Waals surface area contributed by atoms with Gasteiger partial charge in [-0.3, -0.25) is 0 Å². The number of halogens is 2. The summed E-state index contributed by atoms with van der Waals surface area (Å²) in [6.07, 6.45) is 2.49. The molecule has 0 atom stereocenters. The summed E-state index contributed by atoms with van der Waals surface area (Å²) >= 11 is 5.82. The van der Waals surface area contributed by atoms with Crippen LogP contribution in [0, 0.1) is 5.82 Å². The SMILES string of the molecule is O=C(OCCCCc1ccc(F)cc1)c1cccc(Cl)c1. The third-order valence-electron chi connectivity index (χ3n) is 3.07. The first kappa shape index (κ1) is 15.5. The van der Waals surface area contributed by atoms with Gasteiger partial charge in [0.15, 0.2) is 0 Å². The molecule has 0 amide bonds. The van der Waals surface area contributed by atoms with E-state index >= 15 is 0 Å². The first-order chi connectivity index (χ1) is 10.1. The number of hydrogen-bond donors (Lipinski definition) is 0. The van der Waals surface area contributed by atoms with Crippen molar-refractivity contribution in [3.63, 3.8) is 0 Å². The highest BCUT2D eigenvalue weighted by Crippen LogP contribution is 2.12. The molecule has 0 fully saturated rings. The van der Waals surface area contributed by atoms with Crippen LogP contribution in [0.5, 0.6) is 0 Å². The van der Waals surface area contributed by atoms with Gasteiger partial charge >= 0.3 is 5.97 Å². The molecular formula is C17H16ClFO2. The van der Waals surface area contributed by atoms with Crippen LogP contribution in [0.15, 0.2) is 48.5 Å². The van der Waals surface area contributed by atoms with E-state index in [0.717, 1.165) is 24.8 Å². The highest BCUT2D eigenvalue weighted by Gasteiger charge is 2.06. The highest BCUT2D eigenvalue weighted by atomic mass is 35.5. The molecule has 110 valence electrons. The number of hydrogen-bond acceptors (Lipinski definition) is 2. The largest absolute Gasteiger partial charge is 0.462 e. The molecule has 2 aromatic rings. The first-order valence-electron chi connectivity index (χ1n) is 6.82. The van der Waals surface area contributed by atoms with E-state index < -0.39 is 0 Å². The molecule has 0 bridgehead atoms. The number of esters is 1. The summed E-state index contributed by atoms with van der Waals surface area (Å²) in [4.78, 5) is 11.7. The quantitative estimate of drug-likeness (QED) is 0.573. The number of ether oxygens (including phenoxy) is 1. The summed E-state index contributed by atoms with van der Waals surface area (Å²) in [6.45, 7) is 0.368. The Morgan fingerprint density at radius 1 is 1.10 bits per heavy atom. The van der Waals surface area contributed by atoms with Crippen molar-refractivity contribution in [2.45, 2.75) is 19.3 Å². The van der Waals surface area contributed by atoms with E-state index in [1.54, 1.807) is 36.4 Å². The van der Waals surface area contributed by atoms with E-state index in [0.29, 0.717) is 17.2 Å². The Balaban J connectivity index is 1.68. The number of carbonyl (C=O) groups is 1. The van der Waals surface area contributed by atoms with E-state index in [1.807, 2.05) is 0 Å². The minimum atomic E-state index is -0.362. The monoisotopic (exact) mass is 306 g/mol. The molecular weight excluding hydrogens is 291 g/mol. The Kier molecular flexibility index (Phi) is 5.76. The molecule has 0 N–H and O–H groups in total. The second kappa shape index (κ2) is 7.79. The van der Waals surface area contributed by atoms with Gasteiger partial charge < -0.3 is 4.74 Å². The third-order valence-corrected chi connectivity index (χ3v) is 3.30. The molecule has 0 spiro atoms. The molecule has 0 aliphatic rings. The van der Waals surface area contributed by atoms with Gasteiger partial charge in [-0.1, -0.05) is 29.8 Å². The van der Waals surface area contributed by atoms with Gasteiger partial charge in [-0.15, -0.1) is 0 Å². The van der Waals surface area contributed by atoms with Gasteiger partial charge in [0.05, 0.1) is 12.2 Å². The normalized spacial score (nSPS) is 10.4. The fraction of sp³-hybridized carbons (Fsp3) is 0.235. The molecule has 0 aliphatic carbocycles. The Bertz CT molecular complexity index is 596. The van der Waals surface area contributed by atoms with Crippen molar-refractivity contribution in [1.82, 2.24) is 0 Å². The number of rotatable bonds is 6. The van der Waals surface area contributed by atoms with Gasteiger partial charge in [-0.2, -0.15) is 0 Å². The van der Waals surface area contributed by atoms with E-state index in [-0.39, 0.29) is 11.8 Å². The van der Waals surface area contributed by atoms with Gasteiger partial charge in [0.25, 0.3) is 0 Å². The third kappa shape index (κ3) is 5.20. The van der Waals surface area contributed by atoms with Crippen molar-refractivity contribution < 1.29 is 13.9 Å². The Morgan fingerprint density at radius 3 is 2.57 bits per heavy atom. The number of benzene rings is 2. The summed E-state index contributed by atoms with van der Waals surface area (Å²) in [5, 5.41) is 0.515. The maximum atomic E-state index is 12.7. The van der Waals surface area contributed by atoms with Crippen molar-refractivity contribution in [2.75, 3.05) is 6.61 Å². The summed E-state index contributed by atoms with van der Waals surface area (Å²) < 4.78 is 17.9. The van der Waals surface area contributed by atoms with Crippen LogP contribution in [0.2, 0.25) is 5.02 Å². The maximum absolute atomic E-state index is 12.7. The molecule has 0 aromatic heterocycles. The van der Waals surface area contributed by atoms with Gasteiger partial charge in [0.1, 0.15) is 5.82 Å². The smallest absolute Gasteiger partial charge is 0.338 e. The van der Waals surface area contributed by atoms with Crippen LogP contribution in [0.25, 0.3) is 0 Å². The molecule has 0 heterocycles. The molecule has 4 heteroatoms. The molecule has 2 aromatic carbocycles. The second-order valence-electron chi connectivity index (χ2n) is 4.73. The van der Waals surface area contributed by atoms with E-state index in [9.17, 15) is 9.18 Å². The fourth-order valence-corrected chi connectivity index (χ4v) is 2.14. The lowest BCUT2D eigenvalue weighted by Gasteiger charge is -2.05. The predicted octanol–water partition coefficient (Wildman–Crippen LogP) is 4.66. The molecule has 0 aliphatic heterocycles. The van der Waals surface area contributed by atoms with Crippen LogP contribution in [-0.4, -0.2) is 12.6 Å². The van der Waals surface area contributed by atoms with Gasteiger partial charge in [-0.05, 0) is 55.2 Å². The lowest BCUT2D eigenvalue weighted by atomic mass is 10.1. The average molecular weight is 307 g/mol. The number of aryl methyl sites for hydroxylation is 1. The number of carbonyl (C=O) groups excluding carboxylic acids is 1.